The molecule has 1 fully saturated rings. The zero-order chi connectivity index (χ0) is 10.2. The molecule has 1 aliphatic heterocycles. The number of amides is 5. The second-order valence-corrected chi connectivity index (χ2v) is 3.07. The van der Waals surface area contributed by atoms with Crippen molar-refractivity contribution in [2.24, 2.45) is 5.73 Å². The summed E-state index contributed by atoms with van der Waals surface area (Å²) in [6, 6.07) is -1.76. The fourth-order valence-corrected chi connectivity index (χ4v) is 1.14. The molecule has 0 aromatic rings. The van der Waals surface area contributed by atoms with Gasteiger partial charge in [-0.2, -0.15) is 4.90 Å². The molecule has 13 heavy (non-hydrogen) atoms. The number of primary amides is 1. The number of imide groups is 3. The van der Waals surface area contributed by atoms with Gasteiger partial charge in [0.25, 0.3) is 5.91 Å². The highest BCUT2D eigenvalue weighted by Crippen LogP contribution is 2.12. The van der Waals surface area contributed by atoms with E-state index in [2.05, 4.69) is 0 Å². The SMILES string of the molecule is CC(C)N1CC(=O)N(C(N)=O)C1=O. The summed E-state index contributed by atoms with van der Waals surface area (Å²) >= 11 is 0. The van der Waals surface area contributed by atoms with Gasteiger partial charge in [0, 0.05) is 6.04 Å². The van der Waals surface area contributed by atoms with Gasteiger partial charge in [0.1, 0.15) is 6.54 Å². The molecule has 0 bridgehead atoms. The van der Waals surface area contributed by atoms with E-state index in [0.29, 0.717) is 4.90 Å². The first-order valence-corrected chi connectivity index (χ1v) is 3.88. The van der Waals surface area contributed by atoms with Crippen molar-refractivity contribution in [3.05, 3.63) is 0 Å². The molecule has 1 heterocycles. The van der Waals surface area contributed by atoms with Crippen molar-refractivity contribution >= 4 is 18.0 Å². The van der Waals surface area contributed by atoms with E-state index >= 15 is 0 Å². The predicted molar refractivity (Wildman–Crippen MR) is 43.7 cm³/mol. The Bertz CT molecular complexity index is 274. The van der Waals surface area contributed by atoms with Gasteiger partial charge in [0.05, 0.1) is 0 Å². The van der Waals surface area contributed by atoms with Crippen LogP contribution in [0.3, 0.4) is 0 Å². The van der Waals surface area contributed by atoms with Gasteiger partial charge in [-0.25, -0.2) is 9.59 Å². The van der Waals surface area contributed by atoms with Crippen LogP contribution in [0.1, 0.15) is 13.8 Å². The van der Waals surface area contributed by atoms with Crippen LogP contribution in [-0.2, 0) is 4.79 Å². The average Bonchev–Trinajstić information content (AvgIpc) is 2.26. The summed E-state index contributed by atoms with van der Waals surface area (Å²) in [6.07, 6.45) is 0. The summed E-state index contributed by atoms with van der Waals surface area (Å²) in [5.41, 5.74) is 4.86. The average molecular weight is 185 g/mol. The first kappa shape index (κ1) is 9.50. The van der Waals surface area contributed by atoms with E-state index in [1.807, 2.05) is 0 Å². The van der Waals surface area contributed by atoms with Crippen LogP contribution in [0.2, 0.25) is 0 Å². The van der Waals surface area contributed by atoms with Crippen molar-refractivity contribution in [2.45, 2.75) is 19.9 Å². The Hall–Kier alpha value is -1.59. The van der Waals surface area contributed by atoms with Crippen LogP contribution in [0.5, 0.6) is 0 Å². The monoisotopic (exact) mass is 185 g/mol. The zero-order valence-corrected chi connectivity index (χ0v) is 7.48. The third-order valence-electron chi connectivity index (χ3n) is 1.84. The number of rotatable bonds is 1. The number of hydrogen-bond acceptors (Lipinski definition) is 3. The van der Waals surface area contributed by atoms with Crippen LogP contribution in [0.4, 0.5) is 9.59 Å². The highest BCUT2D eigenvalue weighted by molar-refractivity contribution is 6.14. The maximum atomic E-state index is 11.3. The zero-order valence-electron chi connectivity index (χ0n) is 7.48. The van der Waals surface area contributed by atoms with E-state index in [4.69, 9.17) is 5.73 Å². The van der Waals surface area contributed by atoms with E-state index < -0.39 is 18.0 Å². The van der Waals surface area contributed by atoms with E-state index in [0.717, 1.165) is 0 Å². The number of nitrogens with two attached hydrogens (primary N) is 1. The minimum Gasteiger partial charge on any atom is -0.351 e. The molecule has 1 aliphatic rings. The predicted octanol–water partition coefficient (Wildman–Crippen LogP) is -0.262. The molecule has 2 N–H and O–H groups in total. The molecular weight excluding hydrogens is 174 g/mol. The Balaban J connectivity index is 2.88. The molecule has 5 amide bonds. The number of urea groups is 2. The lowest BCUT2D eigenvalue weighted by molar-refractivity contribution is -0.123. The molecule has 0 spiro atoms. The Morgan fingerprint density at radius 1 is 1.46 bits per heavy atom. The van der Waals surface area contributed by atoms with Crippen molar-refractivity contribution in [1.29, 1.82) is 0 Å². The topological polar surface area (TPSA) is 83.7 Å². The number of hydrogen-bond donors (Lipinski definition) is 1. The molecule has 0 aliphatic carbocycles. The molecule has 0 aromatic heterocycles. The van der Waals surface area contributed by atoms with Crippen molar-refractivity contribution in [2.75, 3.05) is 6.54 Å². The maximum absolute atomic E-state index is 11.3. The summed E-state index contributed by atoms with van der Waals surface area (Å²) in [5, 5.41) is 0. The van der Waals surface area contributed by atoms with Crippen LogP contribution in [0.25, 0.3) is 0 Å². The summed E-state index contributed by atoms with van der Waals surface area (Å²) in [4.78, 5) is 34.8. The van der Waals surface area contributed by atoms with E-state index in [-0.39, 0.29) is 12.6 Å². The minimum atomic E-state index is -1.02. The first-order valence-electron chi connectivity index (χ1n) is 3.88. The molecule has 72 valence electrons. The van der Waals surface area contributed by atoms with E-state index in [1.54, 1.807) is 13.8 Å². The Morgan fingerprint density at radius 3 is 2.23 bits per heavy atom. The Kier molecular flexibility index (Phi) is 2.22. The van der Waals surface area contributed by atoms with Crippen LogP contribution in [0.15, 0.2) is 0 Å². The van der Waals surface area contributed by atoms with Gasteiger partial charge in [-0.05, 0) is 13.8 Å². The lowest BCUT2D eigenvalue weighted by Gasteiger charge is -2.18. The van der Waals surface area contributed by atoms with E-state index in [9.17, 15) is 14.4 Å². The van der Waals surface area contributed by atoms with Crippen LogP contribution in [-0.4, -0.2) is 40.4 Å². The van der Waals surface area contributed by atoms with Gasteiger partial charge in [0.15, 0.2) is 0 Å². The highest BCUT2D eigenvalue weighted by Gasteiger charge is 2.40. The second-order valence-electron chi connectivity index (χ2n) is 3.07. The molecule has 0 saturated carbocycles. The van der Waals surface area contributed by atoms with Gasteiger partial charge in [-0.1, -0.05) is 0 Å². The summed E-state index contributed by atoms with van der Waals surface area (Å²) < 4.78 is 0. The molecule has 6 heteroatoms. The summed E-state index contributed by atoms with van der Waals surface area (Å²) in [7, 11) is 0. The van der Waals surface area contributed by atoms with Crippen LogP contribution in [0, 0.1) is 0 Å². The van der Waals surface area contributed by atoms with Crippen molar-refractivity contribution in [3.8, 4) is 0 Å². The molecule has 0 unspecified atom stereocenters. The number of nitrogens with zero attached hydrogens (tertiary/aromatic N) is 2. The van der Waals surface area contributed by atoms with Gasteiger partial charge in [0.2, 0.25) is 0 Å². The third kappa shape index (κ3) is 1.47. The Morgan fingerprint density at radius 2 is 2.00 bits per heavy atom. The molecular formula is C7H11N3O3. The quantitative estimate of drug-likeness (QED) is 0.571. The lowest BCUT2D eigenvalue weighted by Crippen LogP contribution is -2.42. The lowest BCUT2D eigenvalue weighted by atomic mass is 10.3. The fraction of sp³-hybridized carbons (Fsp3) is 0.571. The van der Waals surface area contributed by atoms with E-state index in [1.165, 1.54) is 4.90 Å². The number of carbonyl (C=O) groups is 3. The maximum Gasteiger partial charge on any atom is 0.335 e. The Labute approximate surface area is 75.3 Å². The largest absolute Gasteiger partial charge is 0.351 e. The minimum absolute atomic E-state index is 0.0700. The van der Waals surface area contributed by atoms with Crippen LogP contribution >= 0.6 is 0 Å². The summed E-state index contributed by atoms with van der Waals surface area (Å²) in [6.45, 7) is 3.45. The molecule has 6 nitrogen and oxygen atoms in total. The molecule has 0 radical (unpaired) electrons. The van der Waals surface area contributed by atoms with Crippen LogP contribution < -0.4 is 5.73 Å². The van der Waals surface area contributed by atoms with Gasteiger partial charge in [-0.15, -0.1) is 0 Å². The smallest absolute Gasteiger partial charge is 0.335 e. The van der Waals surface area contributed by atoms with Gasteiger partial charge >= 0.3 is 12.1 Å². The molecule has 1 rings (SSSR count). The van der Waals surface area contributed by atoms with Crippen molar-refractivity contribution in [3.63, 3.8) is 0 Å². The number of carbonyl (C=O) groups excluding carboxylic acids is 3. The highest BCUT2D eigenvalue weighted by atomic mass is 16.2. The first-order chi connectivity index (χ1) is 5.95. The molecule has 1 saturated heterocycles. The molecule has 0 atom stereocenters. The third-order valence-corrected chi connectivity index (χ3v) is 1.84. The molecule has 0 aromatic carbocycles. The van der Waals surface area contributed by atoms with Crippen molar-refractivity contribution in [1.82, 2.24) is 9.80 Å². The van der Waals surface area contributed by atoms with Crippen molar-refractivity contribution < 1.29 is 14.4 Å². The van der Waals surface area contributed by atoms with Gasteiger partial charge < -0.3 is 10.6 Å². The standard InChI is InChI=1S/C7H11N3O3/c1-4(2)9-3-5(11)10(6(8)12)7(9)13/h4H,3H2,1-2H3,(H2,8,12). The second kappa shape index (κ2) is 3.04. The fourth-order valence-electron chi connectivity index (χ4n) is 1.14. The summed E-state index contributed by atoms with van der Waals surface area (Å²) in [5.74, 6) is -0.564. The van der Waals surface area contributed by atoms with Gasteiger partial charge in [-0.3, -0.25) is 4.79 Å². The normalized spacial score (nSPS) is 17.5.